The molecule has 2 saturated carbocycles. The molecule has 0 radical (unpaired) electrons. The Labute approximate surface area is 236 Å². The number of benzene rings is 1. The normalized spacial score (nSPS) is 18.4. The van der Waals surface area contributed by atoms with E-state index in [9.17, 15) is 33.2 Å². The number of alkyl halides is 3. The predicted octanol–water partition coefficient (Wildman–Crippen LogP) is 6.35. The summed E-state index contributed by atoms with van der Waals surface area (Å²) in [5, 5.41) is 23.2. The highest BCUT2D eigenvalue weighted by molar-refractivity contribution is 5.68. The molecule has 3 fully saturated rings. The molecule has 13 heteroatoms. The van der Waals surface area contributed by atoms with Gasteiger partial charge in [0.25, 0.3) is 5.69 Å². The minimum Gasteiger partial charge on any atom is -0.506 e. The standard InChI is InChI=1S/C15H21N3O3.C13H15F3N2O2/c19-13-9-12(10-16-11-13)17-5-7-18(8-6-17)15(20)21-14-3-1-2-4-14;14-13(15,16)11-8-10(6-7-12(11)18(19)20)17-9-4-2-1-3-5-9/h9-11,14,19H,1-8H2;6-9,17H,1-5H2. The zero-order chi connectivity index (χ0) is 29.4. The molecular weight excluding hydrogens is 543 g/mol. The van der Waals surface area contributed by atoms with Gasteiger partial charge in [0, 0.05) is 50.0 Å². The molecule has 1 aromatic heterocycles. The number of nitro groups is 1. The highest BCUT2D eigenvalue weighted by Gasteiger charge is 2.38. The number of hydrogen-bond acceptors (Lipinski definition) is 8. The third kappa shape index (κ3) is 8.61. The van der Waals surface area contributed by atoms with Crippen molar-refractivity contribution < 1.29 is 32.7 Å². The Morgan fingerprint density at radius 3 is 2.27 bits per heavy atom. The average molecular weight is 580 g/mol. The van der Waals surface area contributed by atoms with Crippen molar-refractivity contribution in [1.29, 1.82) is 0 Å². The Bertz CT molecular complexity index is 1180. The van der Waals surface area contributed by atoms with Gasteiger partial charge in [-0.25, -0.2) is 4.79 Å². The van der Waals surface area contributed by atoms with E-state index >= 15 is 0 Å². The van der Waals surface area contributed by atoms with Gasteiger partial charge in [-0.15, -0.1) is 0 Å². The van der Waals surface area contributed by atoms with Gasteiger partial charge in [-0.2, -0.15) is 13.2 Å². The molecule has 2 aliphatic carbocycles. The van der Waals surface area contributed by atoms with Crippen LogP contribution in [0.25, 0.3) is 0 Å². The number of nitrogens with zero attached hydrogens (tertiary/aromatic N) is 4. The molecule has 2 aromatic rings. The van der Waals surface area contributed by atoms with E-state index in [1.54, 1.807) is 17.2 Å². The molecule has 10 nitrogen and oxygen atoms in total. The van der Waals surface area contributed by atoms with Crippen LogP contribution in [0.3, 0.4) is 0 Å². The van der Waals surface area contributed by atoms with Crippen LogP contribution in [0.15, 0.2) is 36.7 Å². The van der Waals surface area contributed by atoms with Gasteiger partial charge in [-0.3, -0.25) is 15.1 Å². The lowest BCUT2D eigenvalue weighted by molar-refractivity contribution is -0.388. The maximum Gasteiger partial charge on any atom is 0.423 e. The monoisotopic (exact) mass is 579 g/mol. The van der Waals surface area contributed by atoms with Crippen molar-refractivity contribution >= 4 is 23.2 Å². The van der Waals surface area contributed by atoms with Crippen molar-refractivity contribution in [3.05, 3.63) is 52.3 Å². The molecule has 0 atom stereocenters. The lowest BCUT2D eigenvalue weighted by Gasteiger charge is -2.35. The third-order valence-electron chi connectivity index (χ3n) is 7.66. The number of rotatable bonds is 5. The van der Waals surface area contributed by atoms with Crippen LogP contribution < -0.4 is 10.2 Å². The van der Waals surface area contributed by atoms with Crippen LogP contribution in [0, 0.1) is 10.1 Å². The lowest BCUT2D eigenvalue weighted by atomic mass is 9.95. The first-order valence-corrected chi connectivity index (χ1v) is 14.1. The minimum absolute atomic E-state index is 0.116. The van der Waals surface area contributed by atoms with Gasteiger partial charge in [-0.1, -0.05) is 19.3 Å². The molecule has 0 spiro atoms. The Balaban J connectivity index is 0.000000189. The number of ether oxygens (including phenoxy) is 1. The van der Waals surface area contributed by atoms with Crippen LogP contribution in [-0.4, -0.2) is 64.3 Å². The minimum atomic E-state index is -4.73. The van der Waals surface area contributed by atoms with Gasteiger partial charge in [-0.05, 0) is 50.7 Å². The fraction of sp³-hybridized carbons (Fsp3) is 0.571. The van der Waals surface area contributed by atoms with E-state index in [2.05, 4.69) is 15.2 Å². The van der Waals surface area contributed by atoms with Crippen LogP contribution in [0.4, 0.5) is 35.0 Å². The molecule has 0 unspecified atom stereocenters. The molecule has 2 N–H and O–H groups in total. The summed E-state index contributed by atoms with van der Waals surface area (Å²) in [5.74, 6) is 0.163. The average Bonchev–Trinajstić information content (AvgIpc) is 3.46. The van der Waals surface area contributed by atoms with Crippen LogP contribution in [0.2, 0.25) is 0 Å². The molecule has 5 rings (SSSR count). The molecule has 224 valence electrons. The topological polar surface area (TPSA) is 121 Å². The van der Waals surface area contributed by atoms with Crippen LogP contribution in [-0.2, 0) is 10.9 Å². The van der Waals surface area contributed by atoms with Crippen LogP contribution >= 0.6 is 0 Å². The van der Waals surface area contributed by atoms with E-state index in [4.69, 9.17) is 4.74 Å². The Morgan fingerprint density at radius 1 is 1.00 bits per heavy atom. The number of hydrogen-bond donors (Lipinski definition) is 2. The van der Waals surface area contributed by atoms with E-state index in [-0.39, 0.29) is 29.7 Å². The third-order valence-corrected chi connectivity index (χ3v) is 7.66. The summed E-state index contributed by atoms with van der Waals surface area (Å²) in [6.07, 6.45) is 7.75. The van der Waals surface area contributed by atoms with Gasteiger partial charge in [0.05, 0.1) is 23.0 Å². The summed E-state index contributed by atoms with van der Waals surface area (Å²) < 4.78 is 44.0. The molecule has 0 bridgehead atoms. The molecule has 1 saturated heterocycles. The Kier molecular flexibility index (Phi) is 10.1. The fourth-order valence-corrected chi connectivity index (χ4v) is 5.45. The van der Waals surface area contributed by atoms with Crippen molar-refractivity contribution in [1.82, 2.24) is 9.88 Å². The van der Waals surface area contributed by atoms with E-state index in [0.29, 0.717) is 13.1 Å². The molecule has 1 aromatic carbocycles. The summed E-state index contributed by atoms with van der Waals surface area (Å²) >= 11 is 0. The van der Waals surface area contributed by atoms with Gasteiger partial charge >= 0.3 is 12.3 Å². The largest absolute Gasteiger partial charge is 0.506 e. The van der Waals surface area contributed by atoms with E-state index < -0.39 is 22.4 Å². The lowest BCUT2D eigenvalue weighted by Crippen LogP contribution is -2.49. The van der Waals surface area contributed by atoms with Crippen molar-refractivity contribution in [3.63, 3.8) is 0 Å². The number of halogens is 3. The van der Waals surface area contributed by atoms with E-state index in [1.807, 2.05) is 0 Å². The number of aromatic nitrogens is 1. The van der Waals surface area contributed by atoms with Crippen molar-refractivity contribution in [2.24, 2.45) is 0 Å². The Morgan fingerprint density at radius 2 is 1.66 bits per heavy atom. The van der Waals surface area contributed by atoms with Crippen LogP contribution in [0.1, 0.15) is 63.4 Å². The molecule has 2 heterocycles. The number of aromatic hydroxyl groups is 1. The number of pyridine rings is 1. The van der Waals surface area contributed by atoms with E-state index in [0.717, 1.165) is 88.7 Å². The number of carbonyl (C=O) groups is 1. The van der Waals surface area contributed by atoms with Crippen LogP contribution in [0.5, 0.6) is 5.75 Å². The summed E-state index contributed by atoms with van der Waals surface area (Å²) in [7, 11) is 0. The van der Waals surface area contributed by atoms with Crippen molar-refractivity contribution in [3.8, 4) is 5.75 Å². The summed E-state index contributed by atoms with van der Waals surface area (Å²) in [4.78, 5) is 29.6. The number of amides is 1. The molecule has 41 heavy (non-hydrogen) atoms. The number of nitro benzene ring substituents is 1. The van der Waals surface area contributed by atoms with Gasteiger partial charge in [0.15, 0.2) is 0 Å². The number of piperazine rings is 1. The first-order valence-electron chi connectivity index (χ1n) is 14.1. The van der Waals surface area contributed by atoms with Gasteiger partial charge < -0.3 is 25.0 Å². The smallest absolute Gasteiger partial charge is 0.423 e. The molecular formula is C28H36F3N5O5. The van der Waals surface area contributed by atoms with Crippen molar-refractivity contribution in [2.45, 2.75) is 76.1 Å². The van der Waals surface area contributed by atoms with Crippen molar-refractivity contribution in [2.75, 3.05) is 36.4 Å². The first kappa shape index (κ1) is 30.2. The number of nitrogens with one attached hydrogen (secondary N) is 1. The number of anilines is 2. The highest BCUT2D eigenvalue weighted by Crippen LogP contribution is 2.38. The van der Waals surface area contributed by atoms with Gasteiger partial charge in [0.1, 0.15) is 17.4 Å². The number of carbonyl (C=O) groups excluding carboxylic acids is 1. The second kappa shape index (κ2) is 13.7. The van der Waals surface area contributed by atoms with E-state index in [1.165, 1.54) is 12.3 Å². The SMILES string of the molecule is O=C(OC1CCCC1)N1CCN(c2cncc(O)c2)CC1.O=[N+]([O-])c1ccc(NC2CCCCC2)cc1C(F)(F)F. The van der Waals surface area contributed by atoms with Gasteiger partial charge in [0.2, 0.25) is 0 Å². The Hall–Kier alpha value is -3.77. The fourth-order valence-electron chi connectivity index (χ4n) is 5.45. The maximum absolute atomic E-state index is 12.8. The molecule has 1 amide bonds. The summed E-state index contributed by atoms with van der Waals surface area (Å²) in [6, 6.07) is 4.91. The summed E-state index contributed by atoms with van der Waals surface area (Å²) in [5.41, 5.74) is -0.941. The molecule has 1 aliphatic heterocycles. The second-order valence-corrected chi connectivity index (χ2v) is 10.6. The second-order valence-electron chi connectivity index (χ2n) is 10.6. The first-order chi connectivity index (χ1) is 19.6. The zero-order valence-corrected chi connectivity index (χ0v) is 22.8. The predicted molar refractivity (Wildman–Crippen MR) is 147 cm³/mol. The molecule has 3 aliphatic rings. The quantitative estimate of drug-likeness (QED) is 0.311. The highest BCUT2D eigenvalue weighted by atomic mass is 19.4. The maximum atomic E-state index is 12.8. The summed E-state index contributed by atoms with van der Waals surface area (Å²) in [6.45, 7) is 2.73. The zero-order valence-electron chi connectivity index (χ0n) is 22.8.